The van der Waals surface area contributed by atoms with Gasteiger partial charge in [0, 0.05) is 18.9 Å². The first-order valence-electron chi connectivity index (χ1n) is 12.0. The summed E-state index contributed by atoms with van der Waals surface area (Å²) in [5, 5.41) is 2.56. The van der Waals surface area contributed by atoms with Gasteiger partial charge in [0.2, 0.25) is 11.8 Å². The summed E-state index contributed by atoms with van der Waals surface area (Å²) in [6, 6.07) is 6.01. The zero-order chi connectivity index (χ0) is 24.9. The summed E-state index contributed by atoms with van der Waals surface area (Å²) < 4.78 is 19.2. The summed E-state index contributed by atoms with van der Waals surface area (Å²) in [4.78, 5) is 53.7. The molecule has 2 saturated heterocycles. The van der Waals surface area contributed by atoms with E-state index in [4.69, 9.17) is 4.74 Å². The number of nitrogens with zero attached hydrogens (tertiary/aromatic N) is 2. The Bertz CT molecular complexity index is 1160. The smallest absolute Gasteiger partial charge is 0.411 e. The van der Waals surface area contributed by atoms with Crippen molar-refractivity contribution in [1.29, 1.82) is 0 Å². The van der Waals surface area contributed by atoms with Crippen LogP contribution in [0.3, 0.4) is 0 Å². The molecule has 184 valence electrons. The van der Waals surface area contributed by atoms with E-state index >= 15 is 0 Å². The number of halogens is 1. The SMILES string of the molecule is CC(=O)NC1=CC=C2C(CC[C@]23CN(CC(=O)N2[C@@H](C)CC[C@H]2c2ccc(F)cc2)C(=O)O3)C1=O. The number of benzene rings is 1. The molecule has 3 fully saturated rings. The predicted octanol–water partition coefficient (Wildman–Crippen LogP) is 3.01. The zero-order valence-electron chi connectivity index (χ0n) is 19.8. The van der Waals surface area contributed by atoms with E-state index in [-0.39, 0.29) is 54.3 Å². The highest BCUT2D eigenvalue weighted by Gasteiger charge is 2.56. The Labute approximate surface area is 202 Å². The minimum absolute atomic E-state index is 0.00277. The summed E-state index contributed by atoms with van der Waals surface area (Å²) in [7, 11) is 0. The van der Waals surface area contributed by atoms with E-state index < -0.39 is 17.6 Å². The molecular weight excluding hydrogens is 453 g/mol. The Balaban J connectivity index is 1.32. The van der Waals surface area contributed by atoms with E-state index in [1.807, 2.05) is 6.92 Å². The number of fused-ring (bicyclic) bond motifs is 2. The molecule has 1 aromatic rings. The number of carbonyl (C=O) groups is 4. The van der Waals surface area contributed by atoms with Crippen molar-refractivity contribution >= 4 is 23.7 Å². The number of Topliss-reactive ketones (excluding diaryl/α,β-unsaturated/α-hetero) is 1. The highest BCUT2D eigenvalue weighted by Crippen LogP contribution is 2.48. The third-order valence-electron chi connectivity index (χ3n) is 7.59. The number of allylic oxidation sites excluding steroid dienone is 3. The Morgan fingerprint density at radius 1 is 1.14 bits per heavy atom. The molecule has 8 nitrogen and oxygen atoms in total. The van der Waals surface area contributed by atoms with Crippen molar-refractivity contribution in [2.75, 3.05) is 13.1 Å². The molecule has 1 aromatic carbocycles. The summed E-state index contributed by atoms with van der Waals surface area (Å²) in [6.07, 6.45) is 5.32. The van der Waals surface area contributed by atoms with Gasteiger partial charge >= 0.3 is 6.09 Å². The molecule has 5 rings (SSSR count). The summed E-state index contributed by atoms with van der Waals surface area (Å²) in [6.45, 7) is 3.39. The third kappa shape index (κ3) is 4.02. The predicted molar refractivity (Wildman–Crippen MR) is 123 cm³/mol. The van der Waals surface area contributed by atoms with Gasteiger partial charge in [-0.25, -0.2) is 9.18 Å². The maximum absolute atomic E-state index is 13.4. The number of nitrogens with one attached hydrogen (secondary N) is 1. The Morgan fingerprint density at radius 2 is 1.89 bits per heavy atom. The molecule has 0 bridgehead atoms. The average Bonchev–Trinajstić information content (AvgIpc) is 3.46. The monoisotopic (exact) mass is 481 g/mol. The van der Waals surface area contributed by atoms with E-state index in [9.17, 15) is 23.6 Å². The van der Waals surface area contributed by atoms with E-state index in [0.717, 1.165) is 24.0 Å². The molecule has 4 atom stereocenters. The van der Waals surface area contributed by atoms with E-state index in [2.05, 4.69) is 5.32 Å². The highest BCUT2D eigenvalue weighted by molar-refractivity contribution is 6.03. The van der Waals surface area contributed by atoms with Gasteiger partial charge in [-0.2, -0.15) is 0 Å². The molecule has 4 aliphatic rings. The van der Waals surface area contributed by atoms with Crippen molar-refractivity contribution < 1.29 is 28.3 Å². The fourth-order valence-electron chi connectivity index (χ4n) is 5.97. The van der Waals surface area contributed by atoms with E-state index in [1.54, 1.807) is 29.2 Å². The van der Waals surface area contributed by atoms with Gasteiger partial charge in [-0.1, -0.05) is 18.2 Å². The topological polar surface area (TPSA) is 96.0 Å². The molecule has 1 N–H and O–H groups in total. The van der Waals surface area contributed by atoms with Crippen LogP contribution in [0.25, 0.3) is 0 Å². The molecule has 3 amide bonds. The third-order valence-corrected chi connectivity index (χ3v) is 7.59. The standard InChI is InChI=1S/C26H28FN3O5/c1-15-3-10-22(17-4-6-18(27)7-5-17)30(15)23(32)13-29-14-26(35-25(29)34)12-11-19-20(26)8-9-21(24(19)33)28-16(2)31/h4-9,15,19,22H,3,10-14H2,1-2H3,(H,28,31)/t15-,19?,22-,26-/m0/s1. The second-order valence-corrected chi connectivity index (χ2v) is 9.85. The number of ether oxygens (including phenoxy) is 1. The molecular formula is C26H28FN3O5. The van der Waals surface area contributed by atoms with Gasteiger partial charge in [0.1, 0.15) is 12.4 Å². The van der Waals surface area contributed by atoms with E-state index in [0.29, 0.717) is 12.8 Å². The molecule has 1 saturated carbocycles. The molecule has 9 heteroatoms. The average molecular weight is 482 g/mol. The molecule has 35 heavy (non-hydrogen) atoms. The van der Waals surface area contributed by atoms with Crippen LogP contribution in [0.4, 0.5) is 9.18 Å². The van der Waals surface area contributed by atoms with Gasteiger partial charge < -0.3 is 15.0 Å². The zero-order valence-corrected chi connectivity index (χ0v) is 19.8. The quantitative estimate of drug-likeness (QED) is 0.713. The molecule has 0 aromatic heterocycles. The number of rotatable bonds is 4. The van der Waals surface area contributed by atoms with Crippen LogP contribution in [-0.4, -0.2) is 58.2 Å². The number of ketones is 1. The van der Waals surface area contributed by atoms with Gasteiger partial charge in [0.15, 0.2) is 11.4 Å². The lowest BCUT2D eigenvalue weighted by molar-refractivity contribution is -0.134. The van der Waals surface area contributed by atoms with Crippen LogP contribution >= 0.6 is 0 Å². The van der Waals surface area contributed by atoms with Crippen molar-refractivity contribution in [2.24, 2.45) is 5.92 Å². The Morgan fingerprint density at radius 3 is 2.60 bits per heavy atom. The molecule has 0 radical (unpaired) electrons. The molecule has 2 heterocycles. The number of likely N-dealkylation sites (tertiary alicyclic amines) is 1. The van der Waals surface area contributed by atoms with Gasteiger partial charge in [-0.15, -0.1) is 0 Å². The fourth-order valence-corrected chi connectivity index (χ4v) is 5.97. The second kappa shape index (κ2) is 8.62. The molecule has 2 aliphatic carbocycles. The number of amides is 3. The maximum atomic E-state index is 13.4. The van der Waals surface area contributed by atoms with Crippen molar-refractivity contribution in [3.8, 4) is 0 Å². The van der Waals surface area contributed by atoms with Crippen LogP contribution < -0.4 is 5.32 Å². The minimum Gasteiger partial charge on any atom is -0.436 e. The largest absolute Gasteiger partial charge is 0.436 e. The lowest BCUT2D eigenvalue weighted by Gasteiger charge is -2.30. The van der Waals surface area contributed by atoms with Gasteiger partial charge in [0.05, 0.1) is 18.3 Å². The summed E-state index contributed by atoms with van der Waals surface area (Å²) in [5.74, 6) is -1.47. The van der Waals surface area contributed by atoms with Crippen molar-refractivity contribution in [3.63, 3.8) is 0 Å². The first-order chi connectivity index (χ1) is 16.7. The minimum atomic E-state index is -0.942. The highest BCUT2D eigenvalue weighted by atomic mass is 19.1. The van der Waals surface area contributed by atoms with Gasteiger partial charge in [-0.05, 0) is 62.0 Å². The summed E-state index contributed by atoms with van der Waals surface area (Å²) >= 11 is 0. The van der Waals surface area contributed by atoms with Crippen LogP contribution in [0, 0.1) is 11.7 Å². The van der Waals surface area contributed by atoms with Crippen LogP contribution in [0.15, 0.2) is 47.7 Å². The number of carbonyl (C=O) groups excluding carboxylic acids is 4. The van der Waals surface area contributed by atoms with Crippen LogP contribution in [-0.2, 0) is 19.1 Å². The van der Waals surface area contributed by atoms with Crippen LogP contribution in [0.1, 0.15) is 51.1 Å². The molecule has 1 spiro atoms. The second-order valence-electron chi connectivity index (χ2n) is 9.85. The summed E-state index contributed by atoms with van der Waals surface area (Å²) in [5.41, 5.74) is 0.895. The van der Waals surface area contributed by atoms with Crippen LogP contribution in [0.2, 0.25) is 0 Å². The van der Waals surface area contributed by atoms with Gasteiger partial charge in [0.25, 0.3) is 0 Å². The number of hydrogen-bond donors (Lipinski definition) is 1. The van der Waals surface area contributed by atoms with Crippen molar-refractivity contribution in [2.45, 2.75) is 57.2 Å². The number of hydrogen-bond acceptors (Lipinski definition) is 5. The first-order valence-corrected chi connectivity index (χ1v) is 12.0. The molecule has 1 unspecified atom stereocenters. The Hall–Kier alpha value is -3.49. The van der Waals surface area contributed by atoms with Crippen LogP contribution in [0.5, 0.6) is 0 Å². The Kier molecular flexibility index (Phi) is 5.73. The fraction of sp³-hybridized carbons (Fsp3) is 0.462. The lowest BCUT2D eigenvalue weighted by atomic mass is 9.85. The van der Waals surface area contributed by atoms with Gasteiger partial charge in [-0.3, -0.25) is 19.3 Å². The van der Waals surface area contributed by atoms with Crippen molar-refractivity contribution in [3.05, 3.63) is 59.1 Å². The van der Waals surface area contributed by atoms with E-state index in [1.165, 1.54) is 24.0 Å². The van der Waals surface area contributed by atoms with Crippen molar-refractivity contribution in [1.82, 2.24) is 15.1 Å². The maximum Gasteiger partial charge on any atom is 0.411 e. The first kappa shape index (κ1) is 23.3. The molecule has 2 aliphatic heterocycles. The normalized spacial score (nSPS) is 29.7. The lowest BCUT2D eigenvalue weighted by Crippen LogP contribution is -2.44.